The molecule has 2 aromatic rings. The zero-order valence-corrected chi connectivity index (χ0v) is 17.9. The van der Waals surface area contributed by atoms with Gasteiger partial charge in [-0.05, 0) is 44.0 Å². The van der Waals surface area contributed by atoms with Crippen LogP contribution in [0.25, 0.3) is 0 Å². The summed E-state index contributed by atoms with van der Waals surface area (Å²) in [5.74, 6) is -0.441. The van der Waals surface area contributed by atoms with Gasteiger partial charge < -0.3 is 5.32 Å². The quantitative estimate of drug-likeness (QED) is 0.747. The van der Waals surface area contributed by atoms with Crippen molar-refractivity contribution >= 4 is 44.8 Å². The maximum absolute atomic E-state index is 12.5. The average Bonchev–Trinajstić information content (AvgIpc) is 2.54. The van der Waals surface area contributed by atoms with Gasteiger partial charge in [0.15, 0.2) is 0 Å². The van der Waals surface area contributed by atoms with Crippen LogP contribution in [0.3, 0.4) is 0 Å². The van der Waals surface area contributed by atoms with Gasteiger partial charge in [0.2, 0.25) is 15.9 Å². The molecule has 0 saturated heterocycles. The Labute approximate surface area is 170 Å². The molecule has 2 rings (SSSR count). The number of anilines is 1. The number of hydrogen-bond donors (Lipinski definition) is 1. The van der Waals surface area contributed by atoms with Crippen LogP contribution in [0.5, 0.6) is 0 Å². The Hall–Kier alpha value is -1.76. The van der Waals surface area contributed by atoms with E-state index >= 15 is 0 Å². The molecule has 8 heteroatoms. The maximum Gasteiger partial charge on any atom is 0.241 e. The monoisotopic (exact) mass is 428 g/mol. The molecule has 0 heterocycles. The van der Waals surface area contributed by atoms with Crippen molar-refractivity contribution in [3.63, 3.8) is 0 Å². The van der Waals surface area contributed by atoms with Gasteiger partial charge in [0.1, 0.15) is 6.54 Å². The summed E-state index contributed by atoms with van der Waals surface area (Å²) in [6.45, 7) is 5.43. The molecule has 0 saturated carbocycles. The topological polar surface area (TPSA) is 66.5 Å². The highest BCUT2D eigenvalue weighted by atomic mass is 35.5. The number of amides is 1. The third kappa shape index (κ3) is 5.37. The number of nitrogens with zero attached hydrogens (tertiary/aromatic N) is 1. The first kappa shape index (κ1) is 21.5. The molecule has 0 bridgehead atoms. The third-order valence-electron chi connectivity index (χ3n) is 4.16. The predicted octanol–water partition coefficient (Wildman–Crippen LogP) is 4.25. The minimum absolute atomic E-state index is 0.0832. The van der Waals surface area contributed by atoms with Gasteiger partial charge in [-0.1, -0.05) is 53.0 Å². The number of halogens is 2. The van der Waals surface area contributed by atoms with Crippen LogP contribution < -0.4 is 9.62 Å². The molecule has 0 aliphatic rings. The largest absolute Gasteiger partial charge is 0.348 e. The Balaban J connectivity index is 2.23. The van der Waals surface area contributed by atoms with Crippen LogP contribution in [0.4, 0.5) is 5.69 Å². The van der Waals surface area contributed by atoms with Gasteiger partial charge in [-0.25, -0.2) is 8.42 Å². The van der Waals surface area contributed by atoms with Crippen molar-refractivity contribution in [1.29, 1.82) is 0 Å². The molecule has 0 aromatic heterocycles. The van der Waals surface area contributed by atoms with E-state index in [-0.39, 0.29) is 21.8 Å². The summed E-state index contributed by atoms with van der Waals surface area (Å²) >= 11 is 12.1. The van der Waals surface area contributed by atoms with Crippen molar-refractivity contribution in [2.75, 3.05) is 17.1 Å². The van der Waals surface area contributed by atoms with E-state index < -0.39 is 22.5 Å². The smallest absolute Gasteiger partial charge is 0.241 e. The fourth-order valence-electron chi connectivity index (χ4n) is 2.87. The molecule has 2 aromatic carbocycles. The lowest BCUT2D eigenvalue weighted by Gasteiger charge is -2.24. The second-order valence-electron chi connectivity index (χ2n) is 6.49. The van der Waals surface area contributed by atoms with E-state index in [1.807, 2.05) is 39.0 Å². The molecule has 1 amide bonds. The zero-order chi connectivity index (χ0) is 20.4. The molecule has 0 aliphatic heterocycles. The number of carbonyl (C=O) groups is 1. The van der Waals surface area contributed by atoms with E-state index in [1.54, 1.807) is 12.1 Å². The van der Waals surface area contributed by atoms with Crippen molar-refractivity contribution in [3.05, 3.63) is 63.1 Å². The highest BCUT2D eigenvalue weighted by Crippen LogP contribution is 2.33. The van der Waals surface area contributed by atoms with Crippen molar-refractivity contribution in [2.45, 2.75) is 26.8 Å². The van der Waals surface area contributed by atoms with Crippen LogP contribution in [0.2, 0.25) is 10.0 Å². The number of nitrogens with one attached hydrogen (secondary N) is 1. The highest BCUT2D eigenvalue weighted by Gasteiger charge is 2.24. The molecule has 146 valence electrons. The predicted molar refractivity (Wildman–Crippen MR) is 111 cm³/mol. The molecule has 1 N–H and O–H groups in total. The summed E-state index contributed by atoms with van der Waals surface area (Å²) in [5.41, 5.74) is 3.33. The fraction of sp³-hybridized carbons (Fsp3) is 0.316. The summed E-state index contributed by atoms with van der Waals surface area (Å²) in [7, 11) is -3.74. The normalized spacial score (nSPS) is 12.5. The molecule has 1 atom stereocenters. The lowest BCUT2D eigenvalue weighted by atomic mass is 10.0. The van der Waals surface area contributed by atoms with Gasteiger partial charge in [0.05, 0.1) is 28.0 Å². The number of rotatable bonds is 6. The van der Waals surface area contributed by atoms with Gasteiger partial charge in [-0.15, -0.1) is 0 Å². The van der Waals surface area contributed by atoms with Gasteiger partial charge in [0, 0.05) is 0 Å². The van der Waals surface area contributed by atoms with Crippen molar-refractivity contribution in [2.24, 2.45) is 0 Å². The van der Waals surface area contributed by atoms with Crippen molar-refractivity contribution in [3.8, 4) is 0 Å². The number of carbonyl (C=O) groups excluding carboxylic acids is 1. The molecular formula is C19H22Cl2N2O3S. The standard InChI is InChI=1S/C19H22Cl2N2O3S/c1-12-8-9-15(13(2)10-12)14(3)22-18(24)11-23(27(4,25)26)17-7-5-6-16(20)19(17)21/h5-10,14H,11H2,1-4H3,(H,22,24)/t14-/m1/s1. The lowest BCUT2D eigenvalue weighted by molar-refractivity contribution is -0.120. The van der Waals surface area contributed by atoms with Crippen LogP contribution >= 0.6 is 23.2 Å². The number of benzene rings is 2. The molecule has 0 fully saturated rings. The molecule has 27 heavy (non-hydrogen) atoms. The lowest BCUT2D eigenvalue weighted by Crippen LogP contribution is -2.41. The van der Waals surface area contributed by atoms with Crippen LogP contribution in [0.1, 0.15) is 29.7 Å². The second kappa shape index (κ2) is 8.50. The fourth-order valence-corrected chi connectivity index (χ4v) is 4.18. The Bertz CT molecular complexity index is 961. The zero-order valence-electron chi connectivity index (χ0n) is 15.6. The minimum Gasteiger partial charge on any atom is -0.348 e. The highest BCUT2D eigenvalue weighted by molar-refractivity contribution is 7.92. The Morgan fingerprint density at radius 1 is 1.19 bits per heavy atom. The summed E-state index contributed by atoms with van der Waals surface area (Å²) in [6.07, 6.45) is 1.02. The van der Waals surface area contributed by atoms with E-state index in [4.69, 9.17) is 23.2 Å². The maximum atomic E-state index is 12.5. The Kier molecular flexibility index (Phi) is 6.78. The number of aryl methyl sites for hydroxylation is 2. The number of sulfonamides is 1. The first-order valence-electron chi connectivity index (χ1n) is 8.29. The summed E-state index contributed by atoms with van der Waals surface area (Å²) in [5, 5.41) is 3.14. The average molecular weight is 429 g/mol. The van der Waals surface area contributed by atoms with Crippen molar-refractivity contribution < 1.29 is 13.2 Å². The van der Waals surface area contributed by atoms with E-state index in [1.165, 1.54) is 6.07 Å². The molecule has 5 nitrogen and oxygen atoms in total. The van der Waals surface area contributed by atoms with E-state index in [9.17, 15) is 13.2 Å². The van der Waals surface area contributed by atoms with Crippen LogP contribution in [0, 0.1) is 13.8 Å². The van der Waals surface area contributed by atoms with Gasteiger partial charge in [0.25, 0.3) is 0 Å². The Morgan fingerprint density at radius 2 is 1.85 bits per heavy atom. The van der Waals surface area contributed by atoms with Gasteiger partial charge >= 0.3 is 0 Å². The molecule has 0 unspecified atom stereocenters. The van der Waals surface area contributed by atoms with Gasteiger partial charge in [-0.2, -0.15) is 0 Å². The van der Waals surface area contributed by atoms with E-state index in [0.29, 0.717) is 0 Å². The SMILES string of the molecule is Cc1ccc([C@@H](C)NC(=O)CN(c2cccc(Cl)c2Cl)S(C)(=O)=O)c(C)c1. The first-order valence-corrected chi connectivity index (χ1v) is 10.9. The van der Waals surface area contributed by atoms with Gasteiger partial charge in [-0.3, -0.25) is 9.10 Å². The van der Waals surface area contributed by atoms with Crippen LogP contribution in [-0.4, -0.2) is 27.1 Å². The van der Waals surface area contributed by atoms with Crippen LogP contribution in [0.15, 0.2) is 36.4 Å². The molecule has 0 radical (unpaired) electrons. The van der Waals surface area contributed by atoms with Crippen molar-refractivity contribution in [1.82, 2.24) is 5.32 Å². The minimum atomic E-state index is -3.74. The molecule has 0 aliphatic carbocycles. The summed E-state index contributed by atoms with van der Waals surface area (Å²) in [4.78, 5) is 12.5. The van der Waals surface area contributed by atoms with Crippen LogP contribution in [-0.2, 0) is 14.8 Å². The molecular weight excluding hydrogens is 407 g/mol. The summed E-state index contributed by atoms with van der Waals surface area (Å²) < 4.78 is 25.4. The second-order valence-corrected chi connectivity index (χ2v) is 9.18. The third-order valence-corrected chi connectivity index (χ3v) is 6.09. The Morgan fingerprint density at radius 3 is 2.44 bits per heavy atom. The first-order chi connectivity index (χ1) is 12.5. The molecule has 0 spiro atoms. The van der Waals surface area contributed by atoms with E-state index in [0.717, 1.165) is 27.3 Å². The number of hydrogen-bond acceptors (Lipinski definition) is 3. The summed E-state index contributed by atoms with van der Waals surface area (Å²) in [6, 6.07) is 10.3. The van der Waals surface area contributed by atoms with E-state index in [2.05, 4.69) is 5.32 Å².